The molecule has 0 aliphatic rings. The summed E-state index contributed by atoms with van der Waals surface area (Å²) in [6, 6.07) is 10.7. The molecule has 0 amide bonds. The molecule has 0 radical (unpaired) electrons. The van der Waals surface area contributed by atoms with Gasteiger partial charge in [-0.15, -0.1) is 0 Å². The van der Waals surface area contributed by atoms with Gasteiger partial charge in [-0.1, -0.05) is 30.3 Å². The highest BCUT2D eigenvalue weighted by Gasteiger charge is 2.22. The Labute approximate surface area is 120 Å². The molecule has 0 saturated carbocycles. The Morgan fingerprint density at radius 2 is 2.05 bits per heavy atom. The smallest absolute Gasteiger partial charge is 0.333 e. The van der Waals surface area contributed by atoms with Gasteiger partial charge in [0, 0.05) is 12.3 Å². The molecule has 0 aliphatic heterocycles. The number of rotatable bonds is 5. The number of nitrogens with zero attached hydrogens (tertiary/aromatic N) is 2. The van der Waals surface area contributed by atoms with Crippen molar-refractivity contribution in [3.05, 3.63) is 64.3 Å². The van der Waals surface area contributed by atoms with Gasteiger partial charge in [0.25, 0.3) is 5.69 Å². The molecule has 1 heterocycles. The number of hydrogen-bond acceptors (Lipinski definition) is 6. The highest BCUT2D eigenvalue weighted by molar-refractivity contribution is 5.80. The normalized spacial score (nSPS) is 11.5. The molecule has 0 saturated heterocycles. The van der Waals surface area contributed by atoms with Crippen molar-refractivity contribution >= 4 is 17.5 Å². The summed E-state index contributed by atoms with van der Waals surface area (Å²) in [6.07, 6.45) is 1.31. The number of anilines is 1. The van der Waals surface area contributed by atoms with Crippen LogP contribution in [0.4, 0.5) is 11.5 Å². The lowest BCUT2D eigenvalue weighted by Gasteiger charge is -2.17. The zero-order valence-electron chi connectivity index (χ0n) is 11.2. The van der Waals surface area contributed by atoms with Crippen molar-refractivity contribution in [3.63, 3.8) is 0 Å². The monoisotopic (exact) mass is 287 g/mol. The molecule has 0 spiro atoms. The van der Waals surface area contributed by atoms with E-state index in [0.29, 0.717) is 5.56 Å². The summed E-state index contributed by atoms with van der Waals surface area (Å²) in [5, 5.41) is 13.6. The van der Waals surface area contributed by atoms with Crippen LogP contribution < -0.4 is 5.32 Å². The van der Waals surface area contributed by atoms with Crippen molar-refractivity contribution < 1.29 is 14.5 Å². The molecule has 1 N–H and O–H groups in total. The predicted octanol–water partition coefficient (Wildman–Crippen LogP) is 2.32. The summed E-state index contributed by atoms with van der Waals surface area (Å²) in [7, 11) is 1.28. The number of methoxy groups -OCH3 is 1. The third kappa shape index (κ3) is 3.53. The van der Waals surface area contributed by atoms with Crippen molar-refractivity contribution in [3.8, 4) is 0 Å². The van der Waals surface area contributed by atoms with Crippen LogP contribution in [-0.2, 0) is 9.53 Å². The summed E-state index contributed by atoms with van der Waals surface area (Å²) < 4.78 is 4.75. The second-order valence-electron chi connectivity index (χ2n) is 4.17. The fraction of sp³-hybridized carbons (Fsp3) is 0.143. The van der Waals surface area contributed by atoms with Crippen LogP contribution in [0.15, 0.2) is 48.7 Å². The van der Waals surface area contributed by atoms with Gasteiger partial charge in [0.05, 0.1) is 18.1 Å². The van der Waals surface area contributed by atoms with Gasteiger partial charge in [-0.3, -0.25) is 10.1 Å². The minimum atomic E-state index is -0.786. The molecule has 7 heteroatoms. The van der Waals surface area contributed by atoms with Gasteiger partial charge >= 0.3 is 5.97 Å². The van der Waals surface area contributed by atoms with Crippen LogP contribution in [0.25, 0.3) is 0 Å². The van der Waals surface area contributed by atoms with Gasteiger partial charge in [-0.25, -0.2) is 9.78 Å². The number of aromatic nitrogens is 1. The topological polar surface area (TPSA) is 94.4 Å². The summed E-state index contributed by atoms with van der Waals surface area (Å²) in [5.74, 6) is -0.280. The molecule has 2 rings (SSSR count). The Bertz CT molecular complexity index is 646. The molecule has 1 unspecified atom stereocenters. The summed E-state index contributed by atoms with van der Waals surface area (Å²) in [6.45, 7) is 0. The molecule has 0 fully saturated rings. The Morgan fingerprint density at radius 3 is 2.67 bits per heavy atom. The standard InChI is InChI=1S/C14H13N3O4/c1-21-14(18)13(10-5-3-2-4-6-10)16-12-9-11(17(19)20)7-8-15-12/h2-9,13H,1H3,(H,15,16). The zero-order valence-corrected chi connectivity index (χ0v) is 11.2. The van der Waals surface area contributed by atoms with E-state index in [4.69, 9.17) is 4.74 Å². The second-order valence-corrected chi connectivity index (χ2v) is 4.17. The van der Waals surface area contributed by atoms with Crippen molar-refractivity contribution in [2.24, 2.45) is 0 Å². The van der Waals surface area contributed by atoms with Gasteiger partial charge in [0.1, 0.15) is 5.82 Å². The van der Waals surface area contributed by atoms with Gasteiger partial charge in [0.15, 0.2) is 6.04 Å². The quantitative estimate of drug-likeness (QED) is 0.515. The molecule has 0 aliphatic carbocycles. The number of carbonyl (C=O) groups excluding carboxylic acids is 1. The van der Waals surface area contributed by atoms with Gasteiger partial charge < -0.3 is 10.1 Å². The number of ether oxygens (including phenoxy) is 1. The molecule has 2 aromatic rings. The number of esters is 1. The minimum Gasteiger partial charge on any atom is -0.467 e. The fourth-order valence-corrected chi connectivity index (χ4v) is 1.80. The van der Waals surface area contributed by atoms with Crippen LogP contribution >= 0.6 is 0 Å². The number of hydrogen-bond donors (Lipinski definition) is 1. The van der Waals surface area contributed by atoms with Crippen molar-refractivity contribution in [2.75, 3.05) is 12.4 Å². The van der Waals surface area contributed by atoms with E-state index in [1.165, 1.54) is 25.4 Å². The first-order valence-electron chi connectivity index (χ1n) is 6.11. The lowest BCUT2D eigenvalue weighted by atomic mass is 10.1. The van der Waals surface area contributed by atoms with Gasteiger partial charge in [0.2, 0.25) is 0 Å². The van der Waals surface area contributed by atoms with Crippen LogP contribution in [0, 0.1) is 10.1 Å². The van der Waals surface area contributed by atoms with E-state index in [9.17, 15) is 14.9 Å². The van der Waals surface area contributed by atoms with E-state index in [-0.39, 0.29) is 11.5 Å². The Morgan fingerprint density at radius 1 is 1.33 bits per heavy atom. The van der Waals surface area contributed by atoms with Crippen LogP contribution in [0.5, 0.6) is 0 Å². The van der Waals surface area contributed by atoms with Crippen molar-refractivity contribution in [1.29, 1.82) is 0 Å². The maximum Gasteiger partial charge on any atom is 0.333 e. The van der Waals surface area contributed by atoms with Crippen molar-refractivity contribution in [1.82, 2.24) is 4.98 Å². The number of nitrogens with one attached hydrogen (secondary N) is 1. The largest absolute Gasteiger partial charge is 0.467 e. The van der Waals surface area contributed by atoms with Crippen molar-refractivity contribution in [2.45, 2.75) is 6.04 Å². The number of pyridine rings is 1. The fourth-order valence-electron chi connectivity index (χ4n) is 1.80. The first-order chi connectivity index (χ1) is 10.1. The first kappa shape index (κ1) is 14.4. The highest BCUT2D eigenvalue weighted by Crippen LogP contribution is 2.22. The zero-order chi connectivity index (χ0) is 15.2. The predicted molar refractivity (Wildman–Crippen MR) is 75.7 cm³/mol. The van der Waals surface area contributed by atoms with Gasteiger partial charge in [-0.05, 0) is 5.56 Å². The Hall–Kier alpha value is -2.96. The van der Waals surface area contributed by atoms with E-state index in [2.05, 4.69) is 10.3 Å². The van der Waals surface area contributed by atoms with Gasteiger partial charge in [-0.2, -0.15) is 0 Å². The maximum atomic E-state index is 11.9. The number of nitro groups is 1. The minimum absolute atomic E-state index is 0.107. The molecule has 108 valence electrons. The van der Waals surface area contributed by atoms with E-state index >= 15 is 0 Å². The molecule has 0 bridgehead atoms. The molecule has 1 aromatic carbocycles. The summed E-state index contributed by atoms with van der Waals surface area (Å²) in [4.78, 5) is 26.1. The molecular weight excluding hydrogens is 274 g/mol. The third-order valence-corrected chi connectivity index (χ3v) is 2.82. The SMILES string of the molecule is COC(=O)C(Nc1cc([N+](=O)[O-])ccn1)c1ccccc1. The third-order valence-electron chi connectivity index (χ3n) is 2.82. The van der Waals surface area contributed by atoms with Crippen LogP contribution in [0.3, 0.4) is 0 Å². The first-order valence-corrected chi connectivity index (χ1v) is 6.11. The lowest BCUT2D eigenvalue weighted by molar-refractivity contribution is -0.384. The van der Waals surface area contributed by atoms with E-state index in [0.717, 1.165) is 0 Å². The molecule has 7 nitrogen and oxygen atoms in total. The van der Waals surface area contributed by atoms with Crippen LogP contribution in [0.1, 0.15) is 11.6 Å². The summed E-state index contributed by atoms with van der Waals surface area (Å²) >= 11 is 0. The molecular formula is C14H13N3O4. The average Bonchev–Trinajstić information content (AvgIpc) is 2.53. The van der Waals surface area contributed by atoms with Crippen LogP contribution in [-0.4, -0.2) is 23.0 Å². The Kier molecular flexibility index (Phi) is 4.45. The summed E-state index contributed by atoms with van der Waals surface area (Å²) in [5.41, 5.74) is 0.571. The Balaban J connectivity index is 2.29. The van der Waals surface area contributed by atoms with Crippen LogP contribution in [0.2, 0.25) is 0 Å². The van der Waals surface area contributed by atoms with E-state index in [1.54, 1.807) is 24.3 Å². The van der Waals surface area contributed by atoms with E-state index in [1.807, 2.05) is 6.07 Å². The maximum absolute atomic E-state index is 11.9. The molecule has 21 heavy (non-hydrogen) atoms. The average molecular weight is 287 g/mol. The molecule has 1 aromatic heterocycles. The highest BCUT2D eigenvalue weighted by atomic mass is 16.6. The van der Waals surface area contributed by atoms with E-state index < -0.39 is 16.9 Å². The number of carbonyl (C=O) groups is 1. The number of benzene rings is 1. The second kappa shape index (κ2) is 6.47. The lowest BCUT2D eigenvalue weighted by Crippen LogP contribution is -2.22. The molecule has 1 atom stereocenters.